The van der Waals surface area contributed by atoms with Gasteiger partial charge in [-0.05, 0) is 24.1 Å². The van der Waals surface area contributed by atoms with E-state index in [1.807, 2.05) is 24.3 Å². The summed E-state index contributed by atoms with van der Waals surface area (Å²) in [5.74, 6) is -0.148. The minimum Gasteiger partial charge on any atom is -0.497 e. The van der Waals surface area contributed by atoms with Crippen molar-refractivity contribution in [3.63, 3.8) is 0 Å². The second kappa shape index (κ2) is 6.27. The highest BCUT2D eigenvalue weighted by Gasteiger charge is 2.31. The van der Waals surface area contributed by atoms with E-state index in [0.29, 0.717) is 19.5 Å². The van der Waals surface area contributed by atoms with E-state index in [1.165, 1.54) is 0 Å². The van der Waals surface area contributed by atoms with E-state index < -0.39 is 12.1 Å². The zero-order valence-electron chi connectivity index (χ0n) is 11.2. The molecule has 0 saturated carbocycles. The maximum absolute atomic E-state index is 11.7. The smallest absolute Gasteiger partial charge is 0.410 e. The normalized spacial score (nSPS) is 17.9. The summed E-state index contributed by atoms with van der Waals surface area (Å²) in [5, 5.41) is 8.63. The van der Waals surface area contributed by atoms with Crippen LogP contribution in [-0.2, 0) is 16.1 Å². The fraction of sp³-hybridized carbons (Fsp3) is 0.429. The molecule has 1 N–H and O–H groups in total. The molecule has 1 heterocycles. The number of amides is 1. The van der Waals surface area contributed by atoms with Crippen molar-refractivity contribution in [1.29, 1.82) is 0 Å². The first-order valence-electron chi connectivity index (χ1n) is 6.39. The summed E-state index contributed by atoms with van der Waals surface area (Å²) in [6, 6.07) is 7.46. The van der Waals surface area contributed by atoms with Crippen LogP contribution in [0.2, 0.25) is 0 Å². The summed E-state index contributed by atoms with van der Waals surface area (Å²) in [6.45, 7) is 0.850. The van der Waals surface area contributed by atoms with E-state index in [1.54, 1.807) is 12.0 Å². The van der Waals surface area contributed by atoms with E-state index in [2.05, 4.69) is 0 Å². The molecule has 1 unspecified atom stereocenters. The second-order valence-corrected chi connectivity index (χ2v) is 4.67. The summed E-state index contributed by atoms with van der Waals surface area (Å²) < 4.78 is 10.3. The van der Waals surface area contributed by atoms with Crippen LogP contribution in [-0.4, -0.2) is 41.8 Å². The summed E-state index contributed by atoms with van der Waals surface area (Å²) >= 11 is 0. The molecule has 1 aliphatic heterocycles. The number of benzene rings is 1. The highest BCUT2D eigenvalue weighted by atomic mass is 16.6. The number of methoxy groups -OCH3 is 1. The number of rotatable bonds is 6. The minimum absolute atomic E-state index is 0.00491. The van der Waals surface area contributed by atoms with Gasteiger partial charge < -0.3 is 19.5 Å². The Labute approximate surface area is 116 Å². The number of hydrogen-bond acceptors (Lipinski definition) is 4. The lowest BCUT2D eigenvalue weighted by Gasteiger charge is -2.13. The van der Waals surface area contributed by atoms with Crippen LogP contribution < -0.4 is 4.74 Å². The van der Waals surface area contributed by atoms with Gasteiger partial charge in [0.25, 0.3) is 0 Å². The van der Waals surface area contributed by atoms with Gasteiger partial charge in [0.15, 0.2) is 0 Å². The van der Waals surface area contributed by atoms with E-state index in [9.17, 15) is 9.59 Å². The van der Waals surface area contributed by atoms with Gasteiger partial charge in [0.2, 0.25) is 0 Å². The van der Waals surface area contributed by atoms with E-state index >= 15 is 0 Å². The predicted molar refractivity (Wildman–Crippen MR) is 70.5 cm³/mol. The Morgan fingerprint density at radius 1 is 1.55 bits per heavy atom. The van der Waals surface area contributed by atoms with Crippen LogP contribution in [0.1, 0.15) is 18.4 Å². The fourth-order valence-electron chi connectivity index (χ4n) is 2.13. The van der Waals surface area contributed by atoms with Crippen LogP contribution in [0.15, 0.2) is 24.3 Å². The molecule has 0 bridgehead atoms. The Hall–Kier alpha value is -2.24. The Morgan fingerprint density at radius 3 is 3.05 bits per heavy atom. The predicted octanol–water partition coefficient (Wildman–Crippen LogP) is 1.88. The third-order valence-electron chi connectivity index (χ3n) is 3.14. The number of carbonyl (C=O) groups excluding carboxylic acids is 1. The standard InChI is InChI=1S/C14H17NO5/c1-19-11-4-2-3-10(7-11)8-15-9-12(20-14(15)18)5-6-13(16)17/h2-4,7,12H,5-6,8-9H2,1H3,(H,16,17). The van der Waals surface area contributed by atoms with Gasteiger partial charge >= 0.3 is 12.1 Å². The lowest BCUT2D eigenvalue weighted by atomic mass is 10.1. The van der Waals surface area contributed by atoms with Crippen molar-refractivity contribution >= 4 is 12.1 Å². The molecule has 1 saturated heterocycles. The van der Waals surface area contributed by atoms with Crippen molar-refractivity contribution in [1.82, 2.24) is 4.90 Å². The zero-order valence-corrected chi connectivity index (χ0v) is 11.2. The number of cyclic esters (lactones) is 1. The molecule has 1 fully saturated rings. The van der Waals surface area contributed by atoms with Crippen molar-refractivity contribution in [3.8, 4) is 5.75 Å². The van der Waals surface area contributed by atoms with Gasteiger partial charge in [-0.2, -0.15) is 0 Å². The number of ether oxygens (including phenoxy) is 2. The molecule has 1 aromatic rings. The number of nitrogens with zero attached hydrogens (tertiary/aromatic N) is 1. The lowest BCUT2D eigenvalue weighted by molar-refractivity contribution is -0.137. The van der Waals surface area contributed by atoms with Gasteiger partial charge in [-0.25, -0.2) is 4.79 Å². The molecular weight excluding hydrogens is 262 g/mol. The third kappa shape index (κ3) is 3.63. The average molecular weight is 279 g/mol. The van der Waals surface area contributed by atoms with Crippen molar-refractivity contribution in [2.75, 3.05) is 13.7 Å². The summed E-state index contributed by atoms with van der Waals surface area (Å²) in [5.41, 5.74) is 0.945. The fourth-order valence-corrected chi connectivity index (χ4v) is 2.13. The molecule has 6 heteroatoms. The van der Waals surface area contributed by atoms with Crippen molar-refractivity contribution in [3.05, 3.63) is 29.8 Å². The summed E-state index contributed by atoms with van der Waals surface area (Å²) in [7, 11) is 1.59. The van der Waals surface area contributed by atoms with Crippen LogP contribution in [0.25, 0.3) is 0 Å². The lowest BCUT2D eigenvalue weighted by Crippen LogP contribution is -2.24. The molecule has 1 amide bonds. The molecule has 1 atom stereocenters. The van der Waals surface area contributed by atoms with Crippen LogP contribution in [0.4, 0.5) is 4.79 Å². The number of carboxylic acid groups (broad SMARTS) is 1. The third-order valence-corrected chi connectivity index (χ3v) is 3.14. The molecule has 1 aliphatic rings. The zero-order chi connectivity index (χ0) is 14.5. The maximum atomic E-state index is 11.7. The summed E-state index contributed by atoms with van der Waals surface area (Å²) in [4.78, 5) is 23.8. The topological polar surface area (TPSA) is 76.1 Å². The van der Waals surface area contributed by atoms with Gasteiger partial charge in [0.1, 0.15) is 11.9 Å². The highest BCUT2D eigenvalue weighted by molar-refractivity contribution is 5.70. The molecule has 0 radical (unpaired) electrons. The highest BCUT2D eigenvalue weighted by Crippen LogP contribution is 2.20. The largest absolute Gasteiger partial charge is 0.497 e. The van der Waals surface area contributed by atoms with Gasteiger partial charge in [-0.1, -0.05) is 12.1 Å². The first-order valence-corrected chi connectivity index (χ1v) is 6.39. The molecule has 6 nitrogen and oxygen atoms in total. The first-order chi connectivity index (χ1) is 9.58. The molecule has 0 aromatic heterocycles. The molecular formula is C14H17NO5. The first kappa shape index (κ1) is 14.2. The molecule has 0 spiro atoms. The van der Waals surface area contributed by atoms with Gasteiger partial charge in [0.05, 0.1) is 13.7 Å². The average Bonchev–Trinajstić information content (AvgIpc) is 2.77. The van der Waals surface area contributed by atoms with Gasteiger partial charge in [-0.3, -0.25) is 4.79 Å². The van der Waals surface area contributed by atoms with Crippen molar-refractivity contribution in [2.45, 2.75) is 25.5 Å². The molecule has 20 heavy (non-hydrogen) atoms. The monoisotopic (exact) mass is 279 g/mol. The second-order valence-electron chi connectivity index (χ2n) is 4.67. The van der Waals surface area contributed by atoms with E-state index in [0.717, 1.165) is 11.3 Å². The number of carboxylic acids is 1. The van der Waals surface area contributed by atoms with Crippen LogP contribution in [0.3, 0.4) is 0 Å². The Bertz CT molecular complexity index is 502. The van der Waals surface area contributed by atoms with E-state index in [4.69, 9.17) is 14.6 Å². The van der Waals surface area contributed by atoms with Crippen molar-refractivity contribution < 1.29 is 24.2 Å². The molecule has 1 aromatic carbocycles. The van der Waals surface area contributed by atoms with Crippen LogP contribution in [0, 0.1) is 0 Å². The van der Waals surface area contributed by atoms with E-state index in [-0.39, 0.29) is 12.5 Å². The summed E-state index contributed by atoms with van der Waals surface area (Å²) in [6.07, 6.45) is -0.395. The maximum Gasteiger partial charge on any atom is 0.410 e. The number of carbonyl (C=O) groups is 2. The van der Waals surface area contributed by atoms with Gasteiger partial charge in [0, 0.05) is 13.0 Å². The Balaban J connectivity index is 1.92. The van der Waals surface area contributed by atoms with Crippen LogP contribution >= 0.6 is 0 Å². The van der Waals surface area contributed by atoms with Crippen LogP contribution in [0.5, 0.6) is 5.75 Å². The number of aliphatic carboxylic acids is 1. The molecule has 2 rings (SSSR count). The number of hydrogen-bond donors (Lipinski definition) is 1. The molecule has 0 aliphatic carbocycles. The molecule has 108 valence electrons. The van der Waals surface area contributed by atoms with Crippen molar-refractivity contribution in [2.24, 2.45) is 0 Å². The Morgan fingerprint density at radius 2 is 2.35 bits per heavy atom. The minimum atomic E-state index is -0.882. The Kier molecular flexibility index (Phi) is 4.45. The SMILES string of the molecule is COc1cccc(CN2CC(CCC(=O)O)OC2=O)c1. The quantitative estimate of drug-likeness (QED) is 0.860. The van der Waals surface area contributed by atoms with Gasteiger partial charge in [-0.15, -0.1) is 0 Å².